The molecule has 0 saturated carbocycles. The molecule has 0 unspecified atom stereocenters. The van der Waals surface area contributed by atoms with Crippen LogP contribution in [0.1, 0.15) is 5.69 Å². The lowest BCUT2D eigenvalue weighted by atomic mass is 10.0. The van der Waals surface area contributed by atoms with E-state index < -0.39 is 0 Å². The largest absolute Gasteiger partial charge is 0.251 e. The van der Waals surface area contributed by atoms with E-state index in [2.05, 4.69) is 11.1 Å². The van der Waals surface area contributed by atoms with E-state index in [4.69, 9.17) is 5.26 Å². The number of rotatable bonds is 3. The quantitative estimate of drug-likeness (QED) is 0.699. The van der Waals surface area contributed by atoms with E-state index in [1.165, 1.54) is 24.3 Å². The van der Waals surface area contributed by atoms with Gasteiger partial charge in [0.05, 0.1) is 23.9 Å². The highest BCUT2D eigenvalue weighted by atomic mass is 19.1. The maximum atomic E-state index is 13.4. The highest BCUT2D eigenvalue weighted by Gasteiger charge is 2.10. The van der Waals surface area contributed by atoms with Crippen molar-refractivity contribution >= 4 is 0 Å². The molecular weight excluding hydrogens is 294 g/mol. The van der Waals surface area contributed by atoms with Crippen LogP contribution in [0.3, 0.4) is 0 Å². The van der Waals surface area contributed by atoms with Gasteiger partial charge in [-0.2, -0.15) is 5.26 Å². The molecule has 3 rings (SSSR count). The molecular formula is C19H12F2N2. The molecule has 0 aliphatic heterocycles. The molecule has 0 aliphatic rings. The summed E-state index contributed by atoms with van der Waals surface area (Å²) in [6.45, 7) is 0. The third-order valence-electron chi connectivity index (χ3n) is 3.48. The van der Waals surface area contributed by atoms with E-state index >= 15 is 0 Å². The van der Waals surface area contributed by atoms with Gasteiger partial charge < -0.3 is 0 Å². The Morgan fingerprint density at radius 2 is 1.52 bits per heavy atom. The smallest absolute Gasteiger partial charge is 0.123 e. The van der Waals surface area contributed by atoms with Crippen molar-refractivity contribution in [3.63, 3.8) is 0 Å². The zero-order valence-corrected chi connectivity index (χ0v) is 12.1. The molecule has 0 fully saturated rings. The topological polar surface area (TPSA) is 36.7 Å². The monoisotopic (exact) mass is 306 g/mol. The van der Waals surface area contributed by atoms with Gasteiger partial charge in [0.25, 0.3) is 0 Å². The lowest BCUT2D eigenvalue weighted by Crippen LogP contribution is -1.96. The van der Waals surface area contributed by atoms with Crippen LogP contribution in [0.5, 0.6) is 0 Å². The standard InChI is InChI=1S/C19H12F2N2/c20-15-5-1-3-13(11-15)17-7-8-18(23-19(17)9-10-22)14-4-2-6-16(21)12-14/h1-8,11-12H,9H2. The van der Waals surface area contributed by atoms with Gasteiger partial charge in [-0.05, 0) is 35.9 Å². The summed E-state index contributed by atoms with van der Waals surface area (Å²) >= 11 is 0. The van der Waals surface area contributed by atoms with Crippen molar-refractivity contribution in [1.29, 1.82) is 5.26 Å². The molecule has 0 atom stereocenters. The van der Waals surface area contributed by atoms with Gasteiger partial charge in [-0.1, -0.05) is 30.3 Å². The Morgan fingerprint density at radius 1 is 0.870 bits per heavy atom. The molecule has 23 heavy (non-hydrogen) atoms. The Bertz CT molecular complexity index is 898. The van der Waals surface area contributed by atoms with Gasteiger partial charge in [0.1, 0.15) is 11.6 Å². The summed E-state index contributed by atoms with van der Waals surface area (Å²) in [6, 6.07) is 17.9. The van der Waals surface area contributed by atoms with Gasteiger partial charge in [0.2, 0.25) is 0 Å². The van der Waals surface area contributed by atoms with Crippen LogP contribution in [0, 0.1) is 23.0 Å². The Labute approximate surface area is 132 Å². The van der Waals surface area contributed by atoms with Crippen molar-refractivity contribution in [2.24, 2.45) is 0 Å². The Balaban J connectivity index is 2.11. The van der Waals surface area contributed by atoms with Crippen LogP contribution >= 0.6 is 0 Å². The minimum Gasteiger partial charge on any atom is -0.251 e. The first-order valence-electron chi connectivity index (χ1n) is 7.06. The lowest BCUT2D eigenvalue weighted by molar-refractivity contribution is 0.628. The minimum atomic E-state index is -0.348. The molecule has 1 aromatic heterocycles. The summed E-state index contributed by atoms with van der Waals surface area (Å²) in [4.78, 5) is 4.47. The summed E-state index contributed by atoms with van der Waals surface area (Å²) in [5.41, 5.74) is 3.12. The number of pyridine rings is 1. The lowest BCUT2D eigenvalue weighted by Gasteiger charge is -2.10. The predicted octanol–water partition coefficient (Wildman–Crippen LogP) is 4.76. The summed E-state index contributed by atoms with van der Waals surface area (Å²) < 4.78 is 26.8. The zero-order chi connectivity index (χ0) is 16.2. The van der Waals surface area contributed by atoms with Gasteiger partial charge in [0.15, 0.2) is 0 Å². The third-order valence-corrected chi connectivity index (χ3v) is 3.48. The van der Waals surface area contributed by atoms with Crippen molar-refractivity contribution in [3.05, 3.63) is 78.0 Å². The number of halogens is 2. The second-order valence-electron chi connectivity index (χ2n) is 5.05. The molecule has 0 amide bonds. The average molecular weight is 306 g/mol. The number of nitrogens with zero attached hydrogens (tertiary/aromatic N) is 2. The fourth-order valence-electron chi connectivity index (χ4n) is 2.44. The summed E-state index contributed by atoms with van der Waals surface area (Å²) in [5, 5.41) is 9.03. The maximum absolute atomic E-state index is 13.4. The number of nitriles is 1. The van der Waals surface area contributed by atoms with E-state index in [1.54, 1.807) is 36.4 Å². The van der Waals surface area contributed by atoms with E-state index in [9.17, 15) is 8.78 Å². The summed E-state index contributed by atoms with van der Waals surface area (Å²) in [6.07, 6.45) is 0.0923. The fourth-order valence-corrected chi connectivity index (χ4v) is 2.44. The van der Waals surface area contributed by atoms with Crippen molar-refractivity contribution < 1.29 is 8.78 Å². The molecule has 112 valence electrons. The number of hydrogen-bond acceptors (Lipinski definition) is 2. The van der Waals surface area contributed by atoms with Crippen LogP contribution in [0.25, 0.3) is 22.4 Å². The first-order valence-corrected chi connectivity index (χ1v) is 7.06. The highest BCUT2D eigenvalue weighted by Crippen LogP contribution is 2.27. The van der Waals surface area contributed by atoms with Gasteiger partial charge in [-0.3, -0.25) is 4.98 Å². The fraction of sp³-hybridized carbons (Fsp3) is 0.0526. The zero-order valence-electron chi connectivity index (χ0n) is 12.1. The van der Waals surface area contributed by atoms with Crippen LogP contribution in [-0.2, 0) is 6.42 Å². The first-order chi connectivity index (χ1) is 11.2. The maximum Gasteiger partial charge on any atom is 0.123 e. The predicted molar refractivity (Wildman–Crippen MR) is 84.3 cm³/mol. The molecule has 0 N–H and O–H groups in total. The molecule has 2 nitrogen and oxygen atoms in total. The highest BCUT2D eigenvalue weighted by molar-refractivity contribution is 5.70. The van der Waals surface area contributed by atoms with Gasteiger partial charge >= 0.3 is 0 Å². The van der Waals surface area contributed by atoms with Gasteiger partial charge in [0, 0.05) is 11.1 Å². The van der Waals surface area contributed by atoms with Crippen LogP contribution in [0.15, 0.2) is 60.7 Å². The second kappa shape index (κ2) is 6.37. The minimum absolute atomic E-state index is 0.0923. The van der Waals surface area contributed by atoms with Crippen LogP contribution in [0.2, 0.25) is 0 Å². The molecule has 0 saturated heterocycles. The number of benzene rings is 2. The number of hydrogen-bond donors (Lipinski definition) is 0. The van der Waals surface area contributed by atoms with Crippen molar-refractivity contribution in [2.45, 2.75) is 6.42 Å². The Kier molecular flexibility index (Phi) is 4.11. The molecule has 4 heteroatoms. The van der Waals surface area contributed by atoms with Gasteiger partial charge in [-0.25, -0.2) is 8.78 Å². The van der Waals surface area contributed by atoms with E-state index in [0.717, 1.165) is 0 Å². The molecule has 3 aromatic rings. The van der Waals surface area contributed by atoms with E-state index in [1.807, 2.05) is 0 Å². The molecule has 0 bridgehead atoms. The van der Waals surface area contributed by atoms with Crippen LogP contribution in [-0.4, -0.2) is 4.98 Å². The average Bonchev–Trinajstić information content (AvgIpc) is 2.55. The second-order valence-corrected chi connectivity index (χ2v) is 5.05. The van der Waals surface area contributed by atoms with Crippen LogP contribution < -0.4 is 0 Å². The van der Waals surface area contributed by atoms with Crippen LogP contribution in [0.4, 0.5) is 8.78 Å². The molecule has 0 radical (unpaired) electrons. The van der Waals surface area contributed by atoms with E-state index in [0.29, 0.717) is 28.1 Å². The molecule has 0 spiro atoms. The van der Waals surface area contributed by atoms with Gasteiger partial charge in [-0.15, -0.1) is 0 Å². The third kappa shape index (κ3) is 3.24. The van der Waals surface area contributed by atoms with Crippen molar-refractivity contribution in [1.82, 2.24) is 4.98 Å². The molecule has 2 aromatic carbocycles. The molecule has 0 aliphatic carbocycles. The Hall–Kier alpha value is -3.06. The normalized spacial score (nSPS) is 10.3. The van der Waals surface area contributed by atoms with Crippen molar-refractivity contribution in [2.75, 3.05) is 0 Å². The SMILES string of the molecule is N#CCc1nc(-c2cccc(F)c2)ccc1-c1cccc(F)c1. The summed E-state index contributed by atoms with van der Waals surface area (Å²) in [7, 11) is 0. The van der Waals surface area contributed by atoms with Crippen molar-refractivity contribution in [3.8, 4) is 28.5 Å². The molecule has 1 heterocycles. The van der Waals surface area contributed by atoms with E-state index in [-0.39, 0.29) is 18.1 Å². The number of aromatic nitrogens is 1. The summed E-state index contributed by atoms with van der Waals surface area (Å²) in [5.74, 6) is -0.694. The Morgan fingerprint density at radius 3 is 2.17 bits per heavy atom. The first kappa shape index (κ1) is 14.9.